The van der Waals surface area contributed by atoms with Crippen molar-refractivity contribution >= 4 is 11.8 Å². The third-order valence-electron chi connectivity index (χ3n) is 3.78. The van der Waals surface area contributed by atoms with Crippen LogP contribution in [-0.4, -0.2) is 29.6 Å². The molecule has 2 aromatic rings. The van der Waals surface area contributed by atoms with E-state index >= 15 is 0 Å². The van der Waals surface area contributed by atoms with E-state index in [1.54, 1.807) is 31.2 Å². The van der Waals surface area contributed by atoms with Gasteiger partial charge in [0.15, 0.2) is 0 Å². The summed E-state index contributed by atoms with van der Waals surface area (Å²) in [5.41, 5.74) is 1.97. The number of hydrogen-bond donors (Lipinski definition) is 2. The van der Waals surface area contributed by atoms with E-state index in [9.17, 15) is 9.59 Å². The van der Waals surface area contributed by atoms with Gasteiger partial charge in [0.2, 0.25) is 5.91 Å². The molecule has 1 atom stereocenters. The number of benzene rings is 1. The molecule has 25 heavy (non-hydrogen) atoms. The molecule has 0 spiro atoms. The van der Waals surface area contributed by atoms with Gasteiger partial charge in [-0.05, 0) is 39.8 Å². The number of nitrogens with one attached hydrogen (secondary N) is 2. The highest BCUT2D eigenvalue weighted by Gasteiger charge is 2.19. The van der Waals surface area contributed by atoms with Gasteiger partial charge in [0.1, 0.15) is 24.2 Å². The second-order valence-corrected chi connectivity index (χ2v) is 5.68. The summed E-state index contributed by atoms with van der Waals surface area (Å²) < 4.78 is 10.9. The highest BCUT2D eigenvalue weighted by Crippen LogP contribution is 2.21. The summed E-state index contributed by atoms with van der Waals surface area (Å²) >= 11 is 0. The number of nitrogens with zero attached hydrogens (tertiary/aromatic N) is 1. The number of amides is 2. The van der Waals surface area contributed by atoms with Crippen molar-refractivity contribution in [3.8, 4) is 5.75 Å². The lowest BCUT2D eigenvalue weighted by Crippen LogP contribution is -2.44. The van der Waals surface area contributed by atoms with Crippen LogP contribution in [0.15, 0.2) is 28.8 Å². The van der Waals surface area contributed by atoms with Gasteiger partial charge < -0.3 is 19.9 Å². The maximum Gasteiger partial charge on any atom is 0.255 e. The van der Waals surface area contributed by atoms with E-state index in [4.69, 9.17) is 9.26 Å². The molecule has 1 aromatic heterocycles. The minimum absolute atomic E-state index is 0.232. The number of carbonyl (C=O) groups is 2. The molecule has 0 unspecified atom stereocenters. The van der Waals surface area contributed by atoms with Gasteiger partial charge in [0, 0.05) is 6.54 Å². The average molecular weight is 345 g/mol. The normalized spacial score (nSPS) is 11.7. The summed E-state index contributed by atoms with van der Waals surface area (Å²) in [5.74, 6) is 0.519. The third-order valence-corrected chi connectivity index (χ3v) is 3.78. The first-order valence-electron chi connectivity index (χ1n) is 8.16. The predicted octanol–water partition coefficient (Wildman–Crippen LogP) is 2.12. The van der Waals surface area contributed by atoms with Crippen LogP contribution in [0.3, 0.4) is 0 Å². The van der Waals surface area contributed by atoms with Crippen LogP contribution in [0.1, 0.15) is 41.2 Å². The Morgan fingerprint density at radius 3 is 2.64 bits per heavy atom. The number of likely N-dealkylation sites (N-methyl/N-ethyl adjacent to an activating group) is 1. The lowest BCUT2D eigenvalue weighted by Gasteiger charge is -2.15. The van der Waals surface area contributed by atoms with Gasteiger partial charge in [-0.15, -0.1) is 0 Å². The standard InChI is InChI=1S/C18H23N3O4/c1-5-19-17(22)12(3)20-18(23)14-8-6-7-9-16(14)24-10-15-11(2)21-25-13(15)4/h6-9,12H,5,10H2,1-4H3,(H,19,22)(H,20,23)/t12-/m0/s1. The number of aryl methyl sites for hydroxylation is 2. The van der Waals surface area contributed by atoms with Gasteiger partial charge in [-0.3, -0.25) is 9.59 Å². The third kappa shape index (κ3) is 4.59. The van der Waals surface area contributed by atoms with Crippen LogP contribution >= 0.6 is 0 Å². The Balaban J connectivity index is 2.09. The van der Waals surface area contributed by atoms with E-state index in [2.05, 4.69) is 15.8 Å². The minimum Gasteiger partial charge on any atom is -0.488 e. The maximum atomic E-state index is 12.5. The fourth-order valence-corrected chi connectivity index (χ4v) is 2.31. The fraction of sp³-hybridized carbons (Fsp3) is 0.389. The average Bonchev–Trinajstić information content (AvgIpc) is 2.91. The summed E-state index contributed by atoms with van der Waals surface area (Å²) in [5, 5.41) is 9.23. The summed E-state index contributed by atoms with van der Waals surface area (Å²) in [6.07, 6.45) is 0. The monoisotopic (exact) mass is 345 g/mol. The zero-order valence-corrected chi connectivity index (χ0v) is 14.9. The van der Waals surface area contributed by atoms with E-state index in [-0.39, 0.29) is 18.4 Å². The SMILES string of the molecule is CCNC(=O)[C@H](C)NC(=O)c1ccccc1OCc1c(C)noc1C. The summed E-state index contributed by atoms with van der Waals surface area (Å²) in [7, 11) is 0. The maximum absolute atomic E-state index is 12.5. The first kappa shape index (κ1) is 18.5. The van der Waals surface area contributed by atoms with Crippen molar-refractivity contribution in [2.24, 2.45) is 0 Å². The topological polar surface area (TPSA) is 93.5 Å². The lowest BCUT2D eigenvalue weighted by atomic mass is 10.1. The molecule has 0 bridgehead atoms. The highest BCUT2D eigenvalue weighted by molar-refractivity contribution is 5.99. The number of carbonyl (C=O) groups excluding carboxylic acids is 2. The van der Waals surface area contributed by atoms with Crippen molar-refractivity contribution in [1.82, 2.24) is 15.8 Å². The van der Waals surface area contributed by atoms with Crippen LogP contribution in [0, 0.1) is 13.8 Å². The molecule has 7 nitrogen and oxygen atoms in total. The smallest absolute Gasteiger partial charge is 0.255 e. The molecule has 1 aromatic carbocycles. The molecule has 2 rings (SSSR count). The fourth-order valence-electron chi connectivity index (χ4n) is 2.31. The lowest BCUT2D eigenvalue weighted by molar-refractivity contribution is -0.122. The van der Waals surface area contributed by atoms with Crippen molar-refractivity contribution in [2.75, 3.05) is 6.54 Å². The molecule has 134 valence electrons. The first-order valence-corrected chi connectivity index (χ1v) is 8.16. The molecular formula is C18H23N3O4. The molecule has 7 heteroatoms. The van der Waals surface area contributed by atoms with Crippen molar-refractivity contribution in [3.63, 3.8) is 0 Å². The molecule has 0 saturated heterocycles. The molecule has 0 fully saturated rings. The van der Waals surface area contributed by atoms with Crippen molar-refractivity contribution < 1.29 is 18.8 Å². The van der Waals surface area contributed by atoms with E-state index in [1.165, 1.54) is 0 Å². The Bertz CT molecular complexity index is 735. The van der Waals surface area contributed by atoms with Crippen LogP contribution in [0.2, 0.25) is 0 Å². The molecule has 0 aliphatic heterocycles. The molecule has 1 heterocycles. The van der Waals surface area contributed by atoms with Gasteiger partial charge in [-0.25, -0.2) is 0 Å². The Hall–Kier alpha value is -2.83. The minimum atomic E-state index is -0.636. The van der Waals surface area contributed by atoms with Crippen LogP contribution in [0.5, 0.6) is 5.75 Å². The zero-order chi connectivity index (χ0) is 18.4. The summed E-state index contributed by atoms with van der Waals surface area (Å²) in [4.78, 5) is 24.3. The molecule has 0 saturated carbocycles. The Morgan fingerprint density at radius 1 is 1.28 bits per heavy atom. The molecule has 0 aliphatic carbocycles. The largest absolute Gasteiger partial charge is 0.488 e. The molecule has 2 amide bonds. The van der Waals surface area contributed by atoms with Gasteiger partial charge in [0.25, 0.3) is 5.91 Å². The molecule has 2 N–H and O–H groups in total. The highest BCUT2D eigenvalue weighted by atomic mass is 16.5. The van der Waals surface area contributed by atoms with Gasteiger partial charge in [-0.1, -0.05) is 17.3 Å². The van der Waals surface area contributed by atoms with E-state index in [0.29, 0.717) is 23.6 Å². The second-order valence-electron chi connectivity index (χ2n) is 5.68. The number of rotatable bonds is 7. The van der Waals surface area contributed by atoms with Crippen LogP contribution in [-0.2, 0) is 11.4 Å². The molecule has 0 radical (unpaired) electrons. The molecular weight excluding hydrogens is 322 g/mol. The predicted molar refractivity (Wildman–Crippen MR) is 92.4 cm³/mol. The summed E-state index contributed by atoms with van der Waals surface area (Å²) in [6.45, 7) is 7.86. The summed E-state index contributed by atoms with van der Waals surface area (Å²) in [6, 6.07) is 6.26. The zero-order valence-electron chi connectivity index (χ0n) is 14.9. The van der Waals surface area contributed by atoms with Crippen molar-refractivity contribution in [3.05, 3.63) is 46.8 Å². The second kappa shape index (κ2) is 8.32. The van der Waals surface area contributed by atoms with E-state index in [0.717, 1.165) is 11.3 Å². The quantitative estimate of drug-likeness (QED) is 0.802. The van der Waals surface area contributed by atoms with E-state index in [1.807, 2.05) is 20.8 Å². The number of hydrogen-bond acceptors (Lipinski definition) is 5. The van der Waals surface area contributed by atoms with Gasteiger partial charge >= 0.3 is 0 Å². The Labute approximate surface area is 146 Å². The van der Waals surface area contributed by atoms with Crippen molar-refractivity contribution in [2.45, 2.75) is 40.3 Å². The number of ether oxygens (including phenoxy) is 1. The van der Waals surface area contributed by atoms with Crippen LogP contribution in [0.25, 0.3) is 0 Å². The first-order chi connectivity index (χ1) is 11.9. The van der Waals surface area contributed by atoms with Crippen molar-refractivity contribution in [1.29, 1.82) is 0 Å². The van der Waals surface area contributed by atoms with Gasteiger partial charge in [0.05, 0.1) is 16.8 Å². The van der Waals surface area contributed by atoms with E-state index < -0.39 is 6.04 Å². The van der Waals surface area contributed by atoms with Gasteiger partial charge in [-0.2, -0.15) is 0 Å². The molecule has 0 aliphatic rings. The number of aromatic nitrogens is 1. The van der Waals surface area contributed by atoms with Crippen LogP contribution in [0.4, 0.5) is 0 Å². The Kier molecular flexibility index (Phi) is 6.16. The Morgan fingerprint density at radius 2 is 2.00 bits per heavy atom. The number of para-hydroxylation sites is 1. The van der Waals surface area contributed by atoms with Crippen LogP contribution < -0.4 is 15.4 Å².